The minimum atomic E-state index is -3.47. The molecule has 1 aliphatic rings. The van der Waals surface area contributed by atoms with Crippen LogP contribution in [-0.2, 0) is 16.4 Å². The maximum Gasteiger partial charge on any atom is 0.243 e. The third-order valence-corrected chi connectivity index (χ3v) is 7.93. The Hall–Kier alpha value is -2.03. The van der Waals surface area contributed by atoms with Crippen LogP contribution in [0.2, 0.25) is 0 Å². The number of hydrogen-bond acceptors (Lipinski definition) is 6. The van der Waals surface area contributed by atoms with E-state index in [1.807, 2.05) is 24.3 Å². The average molecular weight is 417 g/mol. The Balaban J connectivity index is 1.49. The molecule has 3 heterocycles. The van der Waals surface area contributed by atoms with Crippen LogP contribution in [0.15, 0.2) is 47.5 Å². The highest BCUT2D eigenvalue weighted by atomic mass is 32.2. The van der Waals surface area contributed by atoms with Gasteiger partial charge in [0.2, 0.25) is 10.0 Å². The van der Waals surface area contributed by atoms with Gasteiger partial charge in [-0.2, -0.15) is 4.31 Å². The van der Waals surface area contributed by atoms with Crippen molar-refractivity contribution in [3.05, 3.63) is 48.2 Å². The predicted molar refractivity (Wildman–Crippen MR) is 113 cm³/mol. The molecule has 0 atom stereocenters. The summed E-state index contributed by atoms with van der Waals surface area (Å²) in [6.45, 7) is 4.53. The molecule has 2 aromatic heterocycles. The van der Waals surface area contributed by atoms with Crippen LogP contribution < -0.4 is 4.90 Å². The van der Waals surface area contributed by atoms with Gasteiger partial charge in [0.15, 0.2) is 5.13 Å². The Morgan fingerprint density at radius 3 is 2.64 bits per heavy atom. The zero-order valence-electron chi connectivity index (χ0n) is 15.9. The molecule has 0 saturated carbocycles. The van der Waals surface area contributed by atoms with E-state index in [4.69, 9.17) is 0 Å². The number of benzene rings is 1. The number of fused-ring (bicyclic) bond motifs is 1. The lowest BCUT2D eigenvalue weighted by molar-refractivity contribution is 0.433. The summed E-state index contributed by atoms with van der Waals surface area (Å²) < 4.78 is 27.8. The van der Waals surface area contributed by atoms with E-state index >= 15 is 0 Å². The molecule has 0 N–H and O–H groups in total. The molecule has 1 aliphatic heterocycles. The number of nitrogens with zero attached hydrogens (tertiary/aromatic N) is 4. The second-order valence-electron chi connectivity index (χ2n) is 6.96. The third-order valence-electron chi connectivity index (χ3n) is 4.98. The quantitative estimate of drug-likeness (QED) is 0.636. The summed E-state index contributed by atoms with van der Waals surface area (Å²) in [4.78, 5) is 12.5. The van der Waals surface area contributed by atoms with Crippen LogP contribution >= 0.6 is 11.3 Å². The van der Waals surface area contributed by atoms with Crippen molar-refractivity contribution in [1.82, 2.24) is 14.3 Å². The molecule has 0 unspecified atom stereocenters. The normalized spacial score (nSPS) is 16.4. The summed E-state index contributed by atoms with van der Waals surface area (Å²) in [6.07, 6.45) is 4.56. The van der Waals surface area contributed by atoms with Crippen LogP contribution in [0, 0.1) is 0 Å². The van der Waals surface area contributed by atoms with Crippen LogP contribution in [0.5, 0.6) is 0 Å². The van der Waals surface area contributed by atoms with Gasteiger partial charge in [-0.15, -0.1) is 0 Å². The molecular weight excluding hydrogens is 392 g/mol. The molecule has 0 spiro atoms. The van der Waals surface area contributed by atoms with Crippen molar-refractivity contribution >= 4 is 36.8 Å². The maximum atomic E-state index is 13.1. The molecular formula is C20H24N4O2S2. The zero-order chi connectivity index (χ0) is 19.6. The van der Waals surface area contributed by atoms with E-state index in [-0.39, 0.29) is 0 Å². The van der Waals surface area contributed by atoms with Crippen molar-refractivity contribution < 1.29 is 8.42 Å². The zero-order valence-corrected chi connectivity index (χ0v) is 17.5. The van der Waals surface area contributed by atoms with Crippen molar-refractivity contribution in [2.75, 3.05) is 31.1 Å². The number of rotatable bonds is 5. The van der Waals surface area contributed by atoms with Crippen molar-refractivity contribution in [1.29, 1.82) is 0 Å². The molecule has 1 fully saturated rings. The fourth-order valence-electron chi connectivity index (χ4n) is 3.48. The fraction of sp³-hybridized carbons (Fsp3) is 0.400. The van der Waals surface area contributed by atoms with E-state index in [2.05, 4.69) is 21.8 Å². The van der Waals surface area contributed by atoms with Gasteiger partial charge in [-0.3, -0.25) is 0 Å². The van der Waals surface area contributed by atoms with E-state index in [0.717, 1.165) is 41.3 Å². The van der Waals surface area contributed by atoms with Crippen LogP contribution in [0.25, 0.3) is 10.3 Å². The fourth-order valence-corrected chi connectivity index (χ4v) is 5.91. The van der Waals surface area contributed by atoms with E-state index in [1.54, 1.807) is 34.0 Å². The van der Waals surface area contributed by atoms with Gasteiger partial charge >= 0.3 is 0 Å². The Morgan fingerprint density at radius 2 is 1.89 bits per heavy atom. The molecule has 1 aromatic carbocycles. The van der Waals surface area contributed by atoms with Gasteiger partial charge in [-0.1, -0.05) is 36.8 Å². The number of aromatic nitrogens is 2. The standard InChI is InChI=1S/C20H24N4O2S2/c1-2-5-16-7-9-17(10-8-16)28(25,26)24-13-4-12-23(14-15-24)20-22-18-6-3-11-21-19(18)27-20/h3,6-11H,2,4-5,12-15H2,1H3. The summed E-state index contributed by atoms with van der Waals surface area (Å²) in [5, 5.41) is 0.914. The van der Waals surface area contributed by atoms with Gasteiger partial charge in [0.25, 0.3) is 0 Å². The highest BCUT2D eigenvalue weighted by Crippen LogP contribution is 2.28. The molecule has 148 valence electrons. The summed E-state index contributed by atoms with van der Waals surface area (Å²) >= 11 is 1.56. The second-order valence-corrected chi connectivity index (χ2v) is 9.86. The highest BCUT2D eigenvalue weighted by Gasteiger charge is 2.27. The lowest BCUT2D eigenvalue weighted by Gasteiger charge is -2.21. The smallest absolute Gasteiger partial charge is 0.243 e. The first-order chi connectivity index (χ1) is 13.6. The number of thiazole rings is 1. The van der Waals surface area contributed by atoms with Crippen LogP contribution in [0.4, 0.5) is 5.13 Å². The topological polar surface area (TPSA) is 66.4 Å². The van der Waals surface area contributed by atoms with Crippen LogP contribution in [0.3, 0.4) is 0 Å². The Kier molecular flexibility index (Phi) is 5.61. The first-order valence-corrected chi connectivity index (χ1v) is 11.9. The largest absolute Gasteiger partial charge is 0.347 e. The van der Waals surface area contributed by atoms with E-state index in [0.29, 0.717) is 24.5 Å². The molecule has 3 aromatic rings. The minimum absolute atomic E-state index is 0.380. The maximum absolute atomic E-state index is 13.1. The average Bonchev–Trinajstić information content (AvgIpc) is 2.97. The summed E-state index contributed by atoms with van der Waals surface area (Å²) in [5.41, 5.74) is 2.07. The monoisotopic (exact) mass is 416 g/mol. The summed E-state index contributed by atoms with van der Waals surface area (Å²) in [6, 6.07) is 11.2. The molecule has 28 heavy (non-hydrogen) atoms. The highest BCUT2D eigenvalue weighted by molar-refractivity contribution is 7.89. The van der Waals surface area contributed by atoms with Gasteiger partial charge in [0.05, 0.1) is 4.90 Å². The Labute approximate surface area is 169 Å². The van der Waals surface area contributed by atoms with Crippen molar-refractivity contribution in [3.8, 4) is 0 Å². The van der Waals surface area contributed by atoms with Crippen molar-refractivity contribution in [3.63, 3.8) is 0 Å². The molecule has 6 nitrogen and oxygen atoms in total. The van der Waals surface area contributed by atoms with Gasteiger partial charge in [0, 0.05) is 32.4 Å². The van der Waals surface area contributed by atoms with Crippen molar-refractivity contribution in [2.24, 2.45) is 0 Å². The minimum Gasteiger partial charge on any atom is -0.347 e. The van der Waals surface area contributed by atoms with E-state index in [1.165, 1.54) is 5.56 Å². The predicted octanol–water partition coefficient (Wildman–Crippen LogP) is 3.54. The Bertz CT molecular complexity index is 1010. The molecule has 0 bridgehead atoms. The van der Waals surface area contributed by atoms with Crippen LogP contribution in [0.1, 0.15) is 25.3 Å². The SMILES string of the molecule is CCCc1ccc(S(=O)(=O)N2CCCN(c3nc4cccnc4s3)CC2)cc1. The molecule has 0 aliphatic carbocycles. The van der Waals surface area contributed by atoms with E-state index < -0.39 is 10.0 Å². The summed E-state index contributed by atoms with van der Waals surface area (Å²) in [7, 11) is -3.47. The van der Waals surface area contributed by atoms with Gasteiger partial charge < -0.3 is 4.90 Å². The van der Waals surface area contributed by atoms with Crippen molar-refractivity contribution in [2.45, 2.75) is 31.1 Å². The van der Waals surface area contributed by atoms with E-state index in [9.17, 15) is 8.42 Å². The van der Waals surface area contributed by atoms with Gasteiger partial charge in [-0.05, 0) is 42.7 Å². The van der Waals surface area contributed by atoms with Gasteiger partial charge in [0.1, 0.15) is 10.3 Å². The molecule has 0 amide bonds. The lowest BCUT2D eigenvalue weighted by Crippen LogP contribution is -2.35. The number of aryl methyl sites for hydroxylation is 1. The molecule has 4 rings (SSSR count). The number of hydrogen-bond donors (Lipinski definition) is 0. The molecule has 0 radical (unpaired) electrons. The molecule has 1 saturated heterocycles. The van der Waals surface area contributed by atoms with Crippen LogP contribution in [-0.4, -0.2) is 48.9 Å². The second kappa shape index (κ2) is 8.14. The first kappa shape index (κ1) is 19.3. The first-order valence-electron chi connectivity index (χ1n) is 9.63. The lowest BCUT2D eigenvalue weighted by atomic mass is 10.1. The molecule has 8 heteroatoms. The van der Waals surface area contributed by atoms with Gasteiger partial charge in [-0.25, -0.2) is 18.4 Å². The Morgan fingerprint density at radius 1 is 1.07 bits per heavy atom. The number of pyridine rings is 1. The number of sulfonamides is 1. The number of anilines is 1. The third kappa shape index (κ3) is 3.90. The summed E-state index contributed by atoms with van der Waals surface area (Å²) in [5.74, 6) is 0.